The summed E-state index contributed by atoms with van der Waals surface area (Å²) in [5, 5.41) is 4.94. The van der Waals surface area contributed by atoms with Crippen molar-refractivity contribution in [3.8, 4) is 11.3 Å². The average molecular weight is 380 g/mol. The van der Waals surface area contributed by atoms with Crippen molar-refractivity contribution in [2.24, 2.45) is 0 Å². The Morgan fingerprint density at radius 1 is 1.04 bits per heavy atom. The van der Waals surface area contributed by atoms with Gasteiger partial charge in [0.1, 0.15) is 5.52 Å². The molecule has 1 fully saturated rings. The fourth-order valence-electron chi connectivity index (χ4n) is 3.91. The molecule has 0 aliphatic heterocycles. The van der Waals surface area contributed by atoms with E-state index in [9.17, 15) is 0 Å². The Hall–Kier alpha value is -2.93. The summed E-state index contributed by atoms with van der Waals surface area (Å²) in [7, 11) is 0. The van der Waals surface area contributed by atoms with Crippen molar-refractivity contribution in [1.29, 1.82) is 0 Å². The molecule has 136 valence electrons. The van der Waals surface area contributed by atoms with E-state index in [1.54, 1.807) is 6.33 Å². The molecule has 0 amide bonds. The predicted octanol–water partition coefficient (Wildman–Crippen LogP) is 3.89. The number of nitrogens with two attached hydrogens (primary N) is 1. The first kappa shape index (κ1) is 16.3. The highest BCUT2D eigenvalue weighted by molar-refractivity contribution is 6.28. The molecule has 8 heteroatoms. The number of aromatic nitrogens is 6. The number of hydrogen-bond acceptors (Lipinski definition) is 5. The van der Waals surface area contributed by atoms with Crippen LogP contribution in [0, 0.1) is 0 Å². The van der Waals surface area contributed by atoms with E-state index < -0.39 is 0 Å². The largest absolute Gasteiger partial charge is 0.382 e. The fourth-order valence-corrected chi connectivity index (χ4v) is 4.08. The van der Waals surface area contributed by atoms with Gasteiger partial charge >= 0.3 is 0 Å². The van der Waals surface area contributed by atoms with E-state index in [0.29, 0.717) is 23.0 Å². The van der Waals surface area contributed by atoms with E-state index in [2.05, 4.69) is 48.6 Å². The van der Waals surface area contributed by atoms with Crippen LogP contribution < -0.4 is 5.73 Å². The van der Waals surface area contributed by atoms with Crippen LogP contribution in [0.5, 0.6) is 0 Å². The molecular weight excluding hydrogens is 362 g/mol. The third-order valence-corrected chi connectivity index (χ3v) is 5.41. The number of benzene rings is 1. The maximum atomic E-state index is 5.99. The minimum absolute atomic E-state index is 0.149. The van der Waals surface area contributed by atoms with Gasteiger partial charge < -0.3 is 10.3 Å². The van der Waals surface area contributed by atoms with E-state index in [1.165, 1.54) is 0 Å². The van der Waals surface area contributed by atoms with Crippen molar-refractivity contribution in [1.82, 2.24) is 29.3 Å². The predicted molar refractivity (Wildman–Crippen MR) is 104 cm³/mol. The molecule has 3 aromatic heterocycles. The van der Waals surface area contributed by atoms with Crippen molar-refractivity contribution in [3.63, 3.8) is 0 Å². The zero-order chi connectivity index (χ0) is 18.4. The van der Waals surface area contributed by atoms with Crippen molar-refractivity contribution >= 4 is 28.6 Å². The molecule has 27 heavy (non-hydrogen) atoms. The number of fused-ring (bicyclic) bond motifs is 1. The number of nitrogens with zero attached hydrogens (tertiary/aromatic N) is 6. The number of anilines is 1. The van der Waals surface area contributed by atoms with Gasteiger partial charge in [-0.1, -0.05) is 30.3 Å². The molecular formula is C19H18ClN7. The molecule has 0 spiro atoms. The first-order valence-electron chi connectivity index (χ1n) is 8.95. The Bertz CT molecular complexity index is 1100. The third-order valence-electron chi connectivity index (χ3n) is 5.24. The Balaban J connectivity index is 1.40. The van der Waals surface area contributed by atoms with Gasteiger partial charge in [-0.05, 0) is 36.9 Å². The molecule has 1 aliphatic carbocycles. The SMILES string of the molecule is Nc1nc(Cl)nc2c1ncn2[C@@H]1CC[C@H](n2ccc(-c3ccccc3)n2)C1. The van der Waals surface area contributed by atoms with Gasteiger partial charge in [-0.25, -0.2) is 4.98 Å². The maximum Gasteiger partial charge on any atom is 0.226 e. The maximum absolute atomic E-state index is 5.99. The molecule has 2 atom stereocenters. The van der Waals surface area contributed by atoms with Crippen molar-refractivity contribution in [3.05, 3.63) is 54.2 Å². The molecule has 2 N–H and O–H groups in total. The molecule has 4 aromatic rings. The summed E-state index contributed by atoms with van der Waals surface area (Å²) in [6, 6.07) is 12.9. The summed E-state index contributed by atoms with van der Waals surface area (Å²) in [5.41, 5.74) is 9.35. The Labute approximate surface area is 160 Å². The second-order valence-electron chi connectivity index (χ2n) is 6.87. The smallest absolute Gasteiger partial charge is 0.226 e. The zero-order valence-corrected chi connectivity index (χ0v) is 15.3. The van der Waals surface area contributed by atoms with Gasteiger partial charge in [0.05, 0.1) is 18.1 Å². The minimum atomic E-state index is 0.149. The Kier molecular flexibility index (Phi) is 3.82. The van der Waals surface area contributed by atoms with Gasteiger partial charge in [0.15, 0.2) is 11.5 Å². The van der Waals surface area contributed by atoms with Gasteiger partial charge in [-0.15, -0.1) is 0 Å². The van der Waals surface area contributed by atoms with Crippen molar-refractivity contribution < 1.29 is 0 Å². The van der Waals surface area contributed by atoms with E-state index in [-0.39, 0.29) is 11.3 Å². The highest BCUT2D eigenvalue weighted by Gasteiger charge is 2.29. The van der Waals surface area contributed by atoms with Crippen molar-refractivity contribution in [2.45, 2.75) is 31.3 Å². The van der Waals surface area contributed by atoms with Gasteiger partial charge in [0, 0.05) is 17.8 Å². The van der Waals surface area contributed by atoms with Crippen LogP contribution in [-0.4, -0.2) is 29.3 Å². The standard InChI is InChI=1S/C19H18ClN7/c20-19-23-17(21)16-18(24-19)26(11-22-16)13-6-7-14(10-13)27-9-8-15(25-27)12-4-2-1-3-5-12/h1-5,8-9,11,13-14H,6-7,10H2,(H2,21,23,24)/t13-,14+/m1/s1. The van der Waals surface area contributed by atoms with Gasteiger partial charge in [-0.2, -0.15) is 15.1 Å². The Morgan fingerprint density at radius 2 is 1.85 bits per heavy atom. The number of halogens is 1. The molecule has 0 saturated heterocycles. The lowest BCUT2D eigenvalue weighted by atomic mass is 10.2. The third kappa shape index (κ3) is 2.84. The second kappa shape index (κ2) is 6.35. The monoisotopic (exact) mass is 379 g/mol. The van der Waals surface area contributed by atoms with Crippen LogP contribution in [0.4, 0.5) is 5.82 Å². The highest BCUT2D eigenvalue weighted by Crippen LogP contribution is 2.39. The van der Waals surface area contributed by atoms with Crippen LogP contribution in [0.25, 0.3) is 22.4 Å². The summed E-state index contributed by atoms with van der Waals surface area (Å²) in [4.78, 5) is 12.7. The average Bonchev–Trinajstić information content (AvgIpc) is 3.41. The first-order valence-corrected chi connectivity index (χ1v) is 9.33. The van der Waals surface area contributed by atoms with Gasteiger partial charge in [-0.3, -0.25) is 4.68 Å². The van der Waals surface area contributed by atoms with E-state index in [0.717, 1.165) is 30.5 Å². The summed E-state index contributed by atoms with van der Waals surface area (Å²) < 4.78 is 4.15. The lowest BCUT2D eigenvalue weighted by Gasteiger charge is -2.14. The van der Waals surface area contributed by atoms with Crippen molar-refractivity contribution in [2.75, 3.05) is 5.73 Å². The summed E-state index contributed by atoms with van der Waals surface area (Å²) in [5.74, 6) is 0.317. The number of nitrogen functional groups attached to an aromatic ring is 1. The van der Waals surface area contributed by atoms with Gasteiger partial charge in [0.25, 0.3) is 0 Å². The topological polar surface area (TPSA) is 87.4 Å². The minimum Gasteiger partial charge on any atom is -0.382 e. The van der Waals surface area contributed by atoms with E-state index in [4.69, 9.17) is 22.4 Å². The second-order valence-corrected chi connectivity index (χ2v) is 7.21. The van der Waals surface area contributed by atoms with E-state index >= 15 is 0 Å². The van der Waals surface area contributed by atoms with Crippen LogP contribution in [0.15, 0.2) is 48.9 Å². The van der Waals surface area contributed by atoms with Crippen LogP contribution in [0.3, 0.4) is 0 Å². The summed E-state index contributed by atoms with van der Waals surface area (Å²) in [6.45, 7) is 0. The molecule has 0 bridgehead atoms. The molecule has 0 unspecified atom stereocenters. The number of imidazole rings is 1. The molecule has 5 rings (SSSR count). The first-order chi connectivity index (χ1) is 13.2. The normalized spacial score (nSPS) is 19.7. The molecule has 7 nitrogen and oxygen atoms in total. The lowest BCUT2D eigenvalue weighted by molar-refractivity contribution is 0.438. The Morgan fingerprint density at radius 3 is 2.70 bits per heavy atom. The quantitative estimate of drug-likeness (QED) is 0.545. The molecule has 1 saturated carbocycles. The van der Waals surface area contributed by atoms with Gasteiger partial charge in [0.2, 0.25) is 5.28 Å². The summed E-state index contributed by atoms with van der Waals surface area (Å²) in [6.07, 6.45) is 6.89. The number of rotatable bonds is 3. The van der Waals surface area contributed by atoms with Crippen LogP contribution in [0.1, 0.15) is 31.3 Å². The molecule has 3 heterocycles. The fraction of sp³-hybridized carbons (Fsp3) is 0.263. The zero-order valence-electron chi connectivity index (χ0n) is 14.5. The molecule has 1 aliphatic rings. The highest BCUT2D eigenvalue weighted by atomic mass is 35.5. The van der Waals surface area contributed by atoms with Crippen LogP contribution >= 0.6 is 11.6 Å². The summed E-state index contributed by atoms with van der Waals surface area (Å²) >= 11 is 5.99. The lowest BCUT2D eigenvalue weighted by Crippen LogP contribution is -2.09. The molecule has 0 radical (unpaired) electrons. The van der Waals surface area contributed by atoms with Crippen LogP contribution in [0.2, 0.25) is 5.28 Å². The number of hydrogen-bond donors (Lipinski definition) is 1. The van der Waals surface area contributed by atoms with Crippen LogP contribution in [-0.2, 0) is 0 Å². The van der Waals surface area contributed by atoms with E-state index in [1.807, 2.05) is 18.2 Å². The molecule has 1 aromatic carbocycles.